The molecule has 1 amide bonds. The van der Waals surface area contributed by atoms with E-state index in [-0.39, 0.29) is 5.91 Å². The second kappa shape index (κ2) is 7.26. The minimum Gasteiger partial charge on any atom is -0.497 e. The maximum atomic E-state index is 12.7. The Hall–Kier alpha value is -2.01. The molecule has 0 N–H and O–H groups in total. The minimum atomic E-state index is -0.0741. The van der Waals surface area contributed by atoms with Crippen LogP contribution in [0.4, 0.5) is 0 Å². The minimum absolute atomic E-state index is 0.0741. The molecule has 1 fully saturated rings. The summed E-state index contributed by atoms with van der Waals surface area (Å²) >= 11 is 0. The number of fused-ring (bicyclic) bond motifs is 1. The summed E-state index contributed by atoms with van der Waals surface area (Å²) in [6, 6.07) is 5.63. The first-order valence-electron chi connectivity index (χ1n) is 8.54. The third kappa shape index (κ3) is 3.41. The predicted octanol–water partition coefficient (Wildman–Crippen LogP) is 3.78. The Labute approximate surface area is 142 Å². The number of furan rings is 1. The quantitative estimate of drug-likeness (QED) is 0.808. The normalized spacial score (nSPS) is 17.4. The molecule has 0 bridgehead atoms. The molecule has 2 aromatic rings. The molecule has 0 aliphatic carbocycles. The molecule has 130 valence electrons. The van der Waals surface area contributed by atoms with Crippen molar-refractivity contribution in [2.45, 2.75) is 38.7 Å². The summed E-state index contributed by atoms with van der Waals surface area (Å²) < 4.78 is 16.6. The summed E-state index contributed by atoms with van der Waals surface area (Å²) in [6.45, 7) is 3.51. The number of carbonyl (C=O) groups excluding carboxylic acids is 1. The Balaban J connectivity index is 1.66. The summed E-state index contributed by atoms with van der Waals surface area (Å²) in [6.07, 6.45) is 4.62. The average Bonchev–Trinajstić information content (AvgIpc) is 3.22. The van der Waals surface area contributed by atoms with Crippen molar-refractivity contribution in [1.29, 1.82) is 0 Å². The van der Waals surface area contributed by atoms with E-state index >= 15 is 0 Å². The van der Waals surface area contributed by atoms with Crippen molar-refractivity contribution < 1.29 is 18.7 Å². The van der Waals surface area contributed by atoms with E-state index in [9.17, 15) is 4.79 Å². The lowest BCUT2D eigenvalue weighted by Gasteiger charge is -2.17. The second-order valence-electron chi connectivity index (χ2n) is 6.42. The molecular formula is C19H25NO4. The van der Waals surface area contributed by atoms with E-state index in [4.69, 9.17) is 13.9 Å². The van der Waals surface area contributed by atoms with Crippen LogP contribution in [0.3, 0.4) is 0 Å². The Kier molecular flexibility index (Phi) is 5.09. The highest BCUT2D eigenvalue weighted by Crippen LogP contribution is 2.29. The van der Waals surface area contributed by atoms with Gasteiger partial charge in [0.25, 0.3) is 5.91 Å². The van der Waals surface area contributed by atoms with E-state index in [0.717, 1.165) is 49.0 Å². The monoisotopic (exact) mass is 331 g/mol. The van der Waals surface area contributed by atoms with Crippen molar-refractivity contribution in [3.05, 3.63) is 29.5 Å². The van der Waals surface area contributed by atoms with Gasteiger partial charge in [0, 0.05) is 37.2 Å². The first-order valence-corrected chi connectivity index (χ1v) is 8.54. The van der Waals surface area contributed by atoms with Crippen LogP contribution in [0.15, 0.2) is 22.6 Å². The Morgan fingerprint density at radius 1 is 1.42 bits per heavy atom. The van der Waals surface area contributed by atoms with Crippen molar-refractivity contribution in [2.75, 3.05) is 27.3 Å². The molecule has 5 nitrogen and oxygen atoms in total. The van der Waals surface area contributed by atoms with Gasteiger partial charge in [-0.15, -0.1) is 0 Å². The molecule has 1 saturated heterocycles. The number of aryl methyl sites for hydroxylation is 1. The second-order valence-corrected chi connectivity index (χ2v) is 6.42. The first-order chi connectivity index (χ1) is 11.6. The lowest BCUT2D eigenvalue weighted by Crippen LogP contribution is -2.28. The summed E-state index contributed by atoms with van der Waals surface area (Å²) in [7, 11) is 3.44. The first kappa shape index (κ1) is 16.8. The molecule has 1 aromatic heterocycles. The van der Waals surface area contributed by atoms with E-state index in [2.05, 4.69) is 0 Å². The summed E-state index contributed by atoms with van der Waals surface area (Å²) in [5.41, 5.74) is 1.56. The van der Waals surface area contributed by atoms with E-state index in [1.807, 2.05) is 32.2 Å². The molecule has 0 spiro atoms. The zero-order chi connectivity index (χ0) is 17.1. The maximum Gasteiger partial charge on any atom is 0.289 e. The van der Waals surface area contributed by atoms with Crippen LogP contribution in [0.25, 0.3) is 11.0 Å². The predicted molar refractivity (Wildman–Crippen MR) is 92.7 cm³/mol. The molecule has 24 heavy (non-hydrogen) atoms. The smallest absolute Gasteiger partial charge is 0.289 e. The topological polar surface area (TPSA) is 51.9 Å². The van der Waals surface area contributed by atoms with Gasteiger partial charge in [-0.05, 0) is 44.7 Å². The van der Waals surface area contributed by atoms with Gasteiger partial charge in [-0.2, -0.15) is 0 Å². The molecule has 5 heteroatoms. The molecule has 0 radical (unpaired) electrons. The number of hydrogen-bond donors (Lipinski definition) is 0. The average molecular weight is 331 g/mol. The Morgan fingerprint density at radius 2 is 2.25 bits per heavy atom. The third-order valence-electron chi connectivity index (χ3n) is 4.73. The van der Waals surface area contributed by atoms with Crippen molar-refractivity contribution in [3.8, 4) is 5.75 Å². The molecule has 1 aromatic carbocycles. The van der Waals surface area contributed by atoms with Crippen molar-refractivity contribution in [3.63, 3.8) is 0 Å². The lowest BCUT2D eigenvalue weighted by atomic mass is 10.1. The van der Waals surface area contributed by atoms with Crippen LogP contribution in [0, 0.1) is 6.92 Å². The van der Waals surface area contributed by atoms with Gasteiger partial charge < -0.3 is 18.8 Å². The zero-order valence-electron chi connectivity index (χ0n) is 14.6. The number of nitrogens with zero attached hydrogens (tertiary/aromatic N) is 1. The third-order valence-corrected chi connectivity index (χ3v) is 4.73. The van der Waals surface area contributed by atoms with Crippen LogP contribution in [0.5, 0.6) is 5.75 Å². The van der Waals surface area contributed by atoms with Crippen LogP contribution < -0.4 is 4.74 Å². The van der Waals surface area contributed by atoms with Crippen molar-refractivity contribution in [1.82, 2.24) is 4.90 Å². The van der Waals surface area contributed by atoms with Gasteiger partial charge in [-0.3, -0.25) is 4.79 Å². The number of ether oxygens (including phenoxy) is 2. The number of hydrogen-bond acceptors (Lipinski definition) is 4. The molecular weight excluding hydrogens is 306 g/mol. The van der Waals surface area contributed by atoms with Gasteiger partial charge in [0.2, 0.25) is 0 Å². The van der Waals surface area contributed by atoms with Gasteiger partial charge in [-0.1, -0.05) is 0 Å². The van der Waals surface area contributed by atoms with E-state index < -0.39 is 0 Å². The van der Waals surface area contributed by atoms with Crippen LogP contribution >= 0.6 is 0 Å². The highest BCUT2D eigenvalue weighted by molar-refractivity contribution is 5.99. The molecule has 1 unspecified atom stereocenters. The molecule has 1 aliphatic heterocycles. The fourth-order valence-corrected chi connectivity index (χ4v) is 3.24. The SMILES string of the molecule is COc1ccc2c(C)c(C(=O)N(C)CCCC3CCCO3)oc2c1. The van der Waals surface area contributed by atoms with E-state index in [0.29, 0.717) is 24.0 Å². The lowest BCUT2D eigenvalue weighted by molar-refractivity contribution is 0.0736. The number of rotatable bonds is 6. The van der Waals surface area contributed by atoms with Crippen molar-refractivity contribution in [2.24, 2.45) is 0 Å². The van der Waals surface area contributed by atoms with Crippen LogP contribution in [-0.4, -0.2) is 44.2 Å². The van der Waals surface area contributed by atoms with E-state index in [1.54, 1.807) is 12.0 Å². The van der Waals surface area contributed by atoms with E-state index in [1.165, 1.54) is 0 Å². The zero-order valence-corrected chi connectivity index (χ0v) is 14.6. The van der Waals surface area contributed by atoms with Gasteiger partial charge in [-0.25, -0.2) is 0 Å². The van der Waals surface area contributed by atoms with Gasteiger partial charge >= 0.3 is 0 Å². The Bertz CT molecular complexity index is 715. The van der Waals surface area contributed by atoms with Crippen molar-refractivity contribution >= 4 is 16.9 Å². The molecule has 1 aliphatic rings. The molecule has 0 saturated carbocycles. The highest BCUT2D eigenvalue weighted by atomic mass is 16.5. The standard InChI is InChI=1S/C19H25NO4/c1-13-16-9-8-15(22-3)12-17(16)24-18(13)19(21)20(2)10-4-6-14-7-5-11-23-14/h8-9,12,14H,4-7,10-11H2,1-3H3. The Morgan fingerprint density at radius 3 is 2.96 bits per heavy atom. The van der Waals surface area contributed by atoms with Crippen LogP contribution in [0.1, 0.15) is 41.8 Å². The summed E-state index contributed by atoms with van der Waals surface area (Å²) in [4.78, 5) is 14.4. The van der Waals surface area contributed by atoms with Gasteiger partial charge in [0.1, 0.15) is 11.3 Å². The van der Waals surface area contributed by atoms with Crippen LogP contribution in [-0.2, 0) is 4.74 Å². The number of carbonyl (C=O) groups is 1. The summed E-state index contributed by atoms with van der Waals surface area (Å²) in [5, 5.41) is 0.951. The van der Waals surface area contributed by atoms with Crippen LogP contribution in [0.2, 0.25) is 0 Å². The van der Waals surface area contributed by atoms with Gasteiger partial charge in [0.15, 0.2) is 5.76 Å². The summed E-state index contributed by atoms with van der Waals surface area (Å²) in [5.74, 6) is 1.06. The number of amides is 1. The molecule has 1 atom stereocenters. The van der Waals surface area contributed by atoms with Gasteiger partial charge in [0.05, 0.1) is 13.2 Å². The fraction of sp³-hybridized carbons (Fsp3) is 0.526. The number of benzene rings is 1. The highest BCUT2D eigenvalue weighted by Gasteiger charge is 2.22. The molecule has 3 rings (SSSR count). The maximum absolute atomic E-state index is 12.7. The largest absolute Gasteiger partial charge is 0.497 e. The number of methoxy groups -OCH3 is 1. The fourth-order valence-electron chi connectivity index (χ4n) is 3.24. The molecule has 2 heterocycles.